The van der Waals surface area contributed by atoms with E-state index in [1.165, 1.54) is 0 Å². The zero-order valence-electron chi connectivity index (χ0n) is 12.5. The van der Waals surface area contributed by atoms with Crippen LogP contribution in [0.3, 0.4) is 0 Å². The number of nitrogens with one attached hydrogen (secondary N) is 2. The summed E-state index contributed by atoms with van der Waals surface area (Å²) in [5.74, 6) is 2.10. The summed E-state index contributed by atoms with van der Waals surface area (Å²) in [7, 11) is 0. The fourth-order valence-corrected chi connectivity index (χ4v) is 2.89. The van der Waals surface area contributed by atoms with Crippen LogP contribution < -0.4 is 20.1 Å². The first-order chi connectivity index (χ1) is 10.1. The fourth-order valence-electron chi connectivity index (χ4n) is 2.89. The maximum Gasteiger partial charge on any atom is 0.225 e. The molecule has 0 spiro atoms. The summed E-state index contributed by atoms with van der Waals surface area (Å²) in [6, 6.07) is 5.80. The highest BCUT2D eigenvalue weighted by Gasteiger charge is 2.30. The minimum absolute atomic E-state index is 0.0406. The molecular weight excluding hydrogens is 268 g/mol. The third kappa shape index (κ3) is 2.97. The second kappa shape index (κ2) is 5.93. The predicted molar refractivity (Wildman–Crippen MR) is 79.5 cm³/mol. The van der Waals surface area contributed by atoms with Gasteiger partial charge in [-0.05, 0) is 37.1 Å². The van der Waals surface area contributed by atoms with Crippen molar-refractivity contribution in [1.82, 2.24) is 10.6 Å². The molecule has 0 bridgehead atoms. The summed E-state index contributed by atoms with van der Waals surface area (Å²) < 4.78 is 11.1. The van der Waals surface area contributed by atoms with Gasteiger partial charge in [0.2, 0.25) is 5.91 Å². The summed E-state index contributed by atoms with van der Waals surface area (Å²) in [5, 5.41) is 6.36. The lowest BCUT2D eigenvalue weighted by Crippen LogP contribution is -2.36. The molecule has 2 aliphatic heterocycles. The number of hydrogen-bond donors (Lipinski definition) is 2. The molecule has 3 rings (SSSR count). The van der Waals surface area contributed by atoms with Gasteiger partial charge in [-0.3, -0.25) is 4.79 Å². The molecule has 0 radical (unpaired) electrons. The van der Waals surface area contributed by atoms with Gasteiger partial charge < -0.3 is 20.1 Å². The standard InChI is InChI=1S/C16H22N2O3/c1-10-8-17-9-13(10)16(19)18-11(2)12-3-4-14-15(7-12)21-6-5-20-14/h3-4,7,10-11,13,17H,5-6,8-9H2,1-2H3,(H,18,19)/t10-,11?,13-/m1/s1. The van der Waals surface area contributed by atoms with Gasteiger partial charge in [0, 0.05) is 6.54 Å². The van der Waals surface area contributed by atoms with E-state index in [0.29, 0.717) is 19.1 Å². The van der Waals surface area contributed by atoms with Crippen LogP contribution >= 0.6 is 0 Å². The Kier molecular flexibility index (Phi) is 4.01. The van der Waals surface area contributed by atoms with Gasteiger partial charge in [0.25, 0.3) is 0 Å². The molecule has 1 fully saturated rings. The predicted octanol–water partition coefficient (Wildman–Crippen LogP) is 1.49. The van der Waals surface area contributed by atoms with Gasteiger partial charge in [0.1, 0.15) is 13.2 Å². The van der Waals surface area contributed by atoms with E-state index in [1.54, 1.807) is 0 Å². The number of rotatable bonds is 3. The summed E-state index contributed by atoms with van der Waals surface area (Å²) in [4.78, 5) is 12.3. The SMILES string of the molecule is CC(NC(=O)[C@@H]1CNC[C@H]1C)c1ccc2c(c1)OCCO2. The van der Waals surface area contributed by atoms with E-state index in [-0.39, 0.29) is 17.9 Å². The molecule has 5 heteroatoms. The number of hydrogen-bond acceptors (Lipinski definition) is 4. The first kappa shape index (κ1) is 14.2. The summed E-state index contributed by atoms with van der Waals surface area (Å²) in [6.45, 7) is 6.94. The highest BCUT2D eigenvalue weighted by Crippen LogP contribution is 2.32. The number of carbonyl (C=O) groups is 1. The number of amides is 1. The zero-order chi connectivity index (χ0) is 14.8. The van der Waals surface area contributed by atoms with Gasteiger partial charge in [-0.15, -0.1) is 0 Å². The lowest BCUT2D eigenvalue weighted by Gasteiger charge is -2.22. The van der Waals surface area contributed by atoms with Crippen LogP contribution in [0.1, 0.15) is 25.5 Å². The minimum atomic E-state index is -0.0406. The Balaban J connectivity index is 1.67. The molecule has 0 aromatic heterocycles. The molecule has 0 aliphatic carbocycles. The Morgan fingerprint density at radius 3 is 2.76 bits per heavy atom. The van der Waals surface area contributed by atoms with Gasteiger partial charge in [-0.2, -0.15) is 0 Å². The normalized spacial score (nSPS) is 25.4. The van der Waals surface area contributed by atoms with Crippen molar-refractivity contribution < 1.29 is 14.3 Å². The smallest absolute Gasteiger partial charge is 0.225 e. The summed E-state index contributed by atoms with van der Waals surface area (Å²) in [5.41, 5.74) is 1.03. The summed E-state index contributed by atoms with van der Waals surface area (Å²) >= 11 is 0. The van der Waals surface area contributed by atoms with Gasteiger partial charge >= 0.3 is 0 Å². The Hall–Kier alpha value is -1.75. The number of ether oxygens (including phenoxy) is 2. The number of carbonyl (C=O) groups excluding carboxylic acids is 1. The van der Waals surface area contributed by atoms with Crippen LogP contribution in [-0.2, 0) is 4.79 Å². The fraction of sp³-hybridized carbons (Fsp3) is 0.562. The molecule has 1 unspecified atom stereocenters. The molecule has 0 saturated carbocycles. The van der Waals surface area contributed by atoms with E-state index in [0.717, 1.165) is 30.2 Å². The Bertz CT molecular complexity index is 532. The minimum Gasteiger partial charge on any atom is -0.486 e. The Morgan fingerprint density at radius 1 is 1.29 bits per heavy atom. The molecule has 3 atom stereocenters. The van der Waals surface area contributed by atoms with E-state index >= 15 is 0 Å². The first-order valence-electron chi connectivity index (χ1n) is 7.56. The van der Waals surface area contributed by atoms with Gasteiger partial charge in [-0.25, -0.2) is 0 Å². The Morgan fingerprint density at radius 2 is 2.05 bits per heavy atom. The number of benzene rings is 1. The highest BCUT2D eigenvalue weighted by atomic mass is 16.6. The van der Waals surface area contributed by atoms with Crippen LogP contribution in [0, 0.1) is 11.8 Å². The quantitative estimate of drug-likeness (QED) is 0.885. The van der Waals surface area contributed by atoms with Crippen molar-refractivity contribution in [3.8, 4) is 11.5 Å². The average Bonchev–Trinajstić information content (AvgIpc) is 2.93. The summed E-state index contributed by atoms with van der Waals surface area (Å²) in [6.07, 6.45) is 0. The van der Waals surface area contributed by atoms with Crippen molar-refractivity contribution in [2.45, 2.75) is 19.9 Å². The van der Waals surface area contributed by atoms with Crippen molar-refractivity contribution in [3.63, 3.8) is 0 Å². The van der Waals surface area contributed by atoms with E-state index in [9.17, 15) is 4.79 Å². The molecule has 1 aromatic carbocycles. The van der Waals surface area contributed by atoms with Crippen LogP contribution in [0.2, 0.25) is 0 Å². The second-order valence-electron chi connectivity index (χ2n) is 5.88. The maximum absolute atomic E-state index is 12.3. The molecular formula is C16H22N2O3. The van der Waals surface area contributed by atoms with Crippen molar-refractivity contribution in [2.75, 3.05) is 26.3 Å². The van der Waals surface area contributed by atoms with Gasteiger partial charge in [0.05, 0.1) is 12.0 Å². The third-order valence-corrected chi connectivity index (χ3v) is 4.28. The maximum atomic E-state index is 12.3. The molecule has 5 nitrogen and oxygen atoms in total. The number of fused-ring (bicyclic) bond motifs is 1. The van der Waals surface area contributed by atoms with Crippen molar-refractivity contribution in [1.29, 1.82) is 0 Å². The molecule has 2 heterocycles. The van der Waals surface area contributed by atoms with Crippen molar-refractivity contribution >= 4 is 5.91 Å². The lowest BCUT2D eigenvalue weighted by atomic mass is 9.96. The van der Waals surface area contributed by atoms with Crippen LogP contribution in [0.4, 0.5) is 0 Å². The molecule has 114 valence electrons. The third-order valence-electron chi connectivity index (χ3n) is 4.28. The first-order valence-corrected chi connectivity index (χ1v) is 7.56. The molecule has 1 amide bonds. The van der Waals surface area contributed by atoms with Crippen molar-refractivity contribution in [3.05, 3.63) is 23.8 Å². The van der Waals surface area contributed by atoms with E-state index in [2.05, 4.69) is 17.6 Å². The highest BCUT2D eigenvalue weighted by molar-refractivity contribution is 5.80. The largest absolute Gasteiger partial charge is 0.486 e. The topological polar surface area (TPSA) is 59.6 Å². The van der Waals surface area contributed by atoms with E-state index < -0.39 is 0 Å². The van der Waals surface area contributed by atoms with Crippen LogP contribution in [0.15, 0.2) is 18.2 Å². The lowest BCUT2D eigenvalue weighted by molar-refractivity contribution is -0.126. The van der Waals surface area contributed by atoms with Crippen LogP contribution in [0.25, 0.3) is 0 Å². The van der Waals surface area contributed by atoms with Crippen LogP contribution in [0.5, 0.6) is 11.5 Å². The van der Waals surface area contributed by atoms with E-state index in [1.807, 2.05) is 25.1 Å². The Labute approximate surface area is 125 Å². The van der Waals surface area contributed by atoms with Crippen LogP contribution in [-0.4, -0.2) is 32.2 Å². The molecule has 1 saturated heterocycles. The average molecular weight is 290 g/mol. The van der Waals surface area contributed by atoms with Crippen molar-refractivity contribution in [2.24, 2.45) is 11.8 Å². The zero-order valence-corrected chi connectivity index (χ0v) is 12.5. The van der Waals surface area contributed by atoms with Gasteiger partial charge in [0.15, 0.2) is 11.5 Å². The van der Waals surface area contributed by atoms with Gasteiger partial charge in [-0.1, -0.05) is 13.0 Å². The second-order valence-corrected chi connectivity index (χ2v) is 5.88. The molecule has 2 aliphatic rings. The van der Waals surface area contributed by atoms with E-state index in [4.69, 9.17) is 9.47 Å². The molecule has 21 heavy (non-hydrogen) atoms. The molecule has 2 N–H and O–H groups in total. The molecule has 1 aromatic rings. The monoisotopic (exact) mass is 290 g/mol.